The van der Waals surface area contributed by atoms with E-state index in [0.29, 0.717) is 5.15 Å². The lowest BCUT2D eigenvalue weighted by Crippen LogP contribution is -1.91. The summed E-state index contributed by atoms with van der Waals surface area (Å²) in [7, 11) is 1.85. The number of nitrogens with zero attached hydrogens (tertiary/aromatic N) is 1. The van der Waals surface area contributed by atoms with Gasteiger partial charge in [-0.2, -0.15) is 0 Å². The zero-order chi connectivity index (χ0) is 9.56. The van der Waals surface area contributed by atoms with Crippen LogP contribution in [0.3, 0.4) is 0 Å². The SMILES string of the molecule is CC.CNc1cnc(Cl)cc1I. The van der Waals surface area contributed by atoms with Crippen LogP contribution in [-0.4, -0.2) is 12.0 Å². The molecule has 2 nitrogen and oxygen atoms in total. The summed E-state index contributed by atoms with van der Waals surface area (Å²) in [4.78, 5) is 3.91. The molecule has 1 heterocycles. The van der Waals surface area contributed by atoms with Gasteiger partial charge in [-0.15, -0.1) is 0 Å². The number of rotatable bonds is 1. The molecule has 1 rings (SSSR count). The maximum Gasteiger partial charge on any atom is 0.130 e. The summed E-state index contributed by atoms with van der Waals surface area (Å²) in [5.74, 6) is 0. The van der Waals surface area contributed by atoms with Gasteiger partial charge in [0.05, 0.1) is 11.9 Å². The number of anilines is 1. The Morgan fingerprint density at radius 2 is 2.08 bits per heavy atom. The summed E-state index contributed by atoms with van der Waals surface area (Å²) in [5.41, 5.74) is 1.00. The number of halogens is 2. The molecular formula is C8H12ClIN2. The third kappa shape index (κ3) is 3.58. The van der Waals surface area contributed by atoms with Crippen LogP contribution < -0.4 is 5.32 Å². The van der Waals surface area contributed by atoms with E-state index < -0.39 is 0 Å². The van der Waals surface area contributed by atoms with Crippen LogP contribution in [0.2, 0.25) is 5.15 Å². The monoisotopic (exact) mass is 298 g/mol. The van der Waals surface area contributed by atoms with Crippen molar-refractivity contribution in [2.45, 2.75) is 13.8 Å². The molecule has 1 aromatic rings. The van der Waals surface area contributed by atoms with Crippen LogP contribution in [0, 0.1) is 3.57 Å². The largest absolute Gasteiger partial charge is 0.386 e. The fourth-order valence-electron chi connectivity index (χ4n) is 0.591. The Hall–Kier alpha value is -0.0300. The third-order valence-corrected chi connectivity index (χ3v) is 2.19. The molecule has 1 N–H and O–H groups in total. The minimum Gasteiger partial charge on any atom is -0.386 e. The molecule has 0 spiro atoms. The van der Waals surface area contributed by atoms with Crippen molar-refractivity contribution in [2.75, 3.05) is 12.4 Å². The highest BCUT2D eigenvalue weighted by molar-refractivity contribution is 14.1. The van der Waals surface area contributed by atoms with Gasteiger partial charge in [-0.3, -0.25) is 0 Å². The number of hydrogen-bond donors (Lipinski definition) is 1. The second-order valence-electron chi connectivity index (χ2n) is 1.74. The van der Waals surface area contributed by atoms with Crippen molar-refractivity contribution < 1.29 is 0 Å². The first-order valence-corrected chi connectivity index (χ1v) is 5.18. The van der Waals surface area contributed by atoms with Crippen molar-refractivity contribution in [3.05, 3.63) is 21.0 Å². The Morgan fingerprint density at radius 3 is 2.50 bits per heavy atom. The summed E-state index contributed by atoms with van der Waals surface area (Å²) >= 11 is 7.83. The van der Waals surface area contributed by atoms with Crippen LogP contribution >= 0.6 is 34.2 Å². The summed E-state index contributed by atoms with van der Waals surface area (Å²) in [6.07, 6.45) is 1.71. The molecule has 0 fully saturated rings. The van der Waals surface area contributed by atoms with Crippen molar-refractivity contribution in [3.8, 4) is 0 Å². The van der Waals surface area contributed by atoms with E-state index in [4.69, 9.17) is 11.6 Å². The van der Waals surface area contributed by atoms with Crippen molar-refractivity contribution in [1.29, 1.82) is 0 Å². The van der Waals surface area contributed by atoms with E-state index in [1.807, 2.05) is 27.0 Å². The lowest BCUT2D eigenvalue weighted by atomic mass is 10.4. The zero-order valence-electron chi connectivity index (χ0n) is 7.36. The van der Waals surface area contributed by atoms with Crippen molar-refractivity contribution in [1.82, 2.24) is 4.98 Å². The molecule has 0 aliphatic rings. The third-order valence-electron chi connectivity index (χ3n) is 1.09. The summed E-state index contributed by atoms with van der Waals surface area (Å²) < 4.78 is 1.08. The molecule has 0 unspecified atom stereocenters. The molecule has 0 amide bonds. The van der Waals surface area contributed by atoms with Crippen LogP contribution in [-0.2, 0) is 0 Å². The lowest BCUT2D eigenvalue weighted by Gasteiger charge is -2.00. The molecule has 0 aliphatic carbocycles. The molecule has 68 valence electrons. The van der Waals surface area contributed by atoms with Gasteiger partial charge in [-0.1, -0.05) is 25.4 Å². The van der Waals surface area contributed by atoms with Crippen LogP contribution in [0.15, 0.2) is 12.3 Å². The quantitative estimate of drug-likeness (QED) is 0.635. The van der Waals surface area contributed by atoms with E-state index in [1.54, 1.807) is 6.20 Å². The Labute approximate surface area is 91.9 Å². The normalized spacial score (nSPS) is 8.42. The molecule has 0 radical (unpaired) electrons. The average molecular weight is 299 g/mol. The first kappa shape index (κ1) is 12.0. The highest BCUT2D eigenvalue weighted by Crippen LogP contribution is 2.18. The Kier molecular flexibility index (Phi) is 6.47. The summed E-state index contributed by atoms with van der Waals surface area (Å²) in [6, 6.07) is 1.81. The van der Waals surface area contributed by atoms with Crippen LogP contribution in [0.25, 0.3) is 0 Å². The molecular weight excluding hydrogens is 286 g/mol. The van der Waals surface area contributed by atoms with Gasteiger partial charge in [0.15, 0.2) is 0 Å². The smallest absolute Gasteiger partial charge is 0.130 e. The number of hydrogen-bond acceptors (Lipinski definition) is 2. The number of aromatic nitrogens is 1. The van der Waals surface area contributed by atoms with E-state index in [9.17, 15) is 0 Å². The lowest BCUT2D eigenvalue weighted by molar-refractivity contribution is 1.30. The fraction of sp³-hybridized carbons (Fsp3) is 0.375. The Morgan fingerprint density at radius 1 is 1.50 bits per heavy atom. The standard InChI is InChI=1S/C6H6ClIN2.C2H6/c1-9-5-3-10-6(7)2-4(5)8;1-2/h2-3,9H,1H3;1-2H3. The van der Waals surface area contributed by atoms with Gasteiger partial charge in [-0.05, 0) is 28.7 Å². The van der Waals surface area contributed by atoms with Gasteiger partial charge in [-0.25, -0.2) is 4.98 Å². The number of pyridine rings is 1. The first-order chi connectivity index (χ1) is 5.74. The molecule has 1 aromatic heterocycles. The highest BCUT2D eigenvalue weighted by Gasteiger charge is 1.97. The minimum atomic E-state index is 0.531. The average Bonchev–Trinajstić information content (AvgIpc) is 2.08. The van der Waals surface area contributed by atoms with Crippen LogP contribution in [0.4, 0.5) is 5.69 Å². The molecule has 0 saturated heterocycles. The van der Waals surface area contributed by atoms with Gasteiger partial charge in [0.25, 0.3) is 0 Å². The molecule has 0 saturated carbocycles. The van der Waals surface area contributed by atoms with E-state index in [2.05, 4.69) is 32.9 Å². The van der Waals surface area contributed by atoms with Crippen molar-refractivity contribution in [3.63, 3.8) is 0 Å². The van der Waals surface area contributed by atoms with Crippen LogP contribution in [0.1, 0.15) is 13.8 Å². The summed E-state index contributed by atoms with van der Waals surface area (Å²) in [5, 5.41) is 3.52. The molecule has 0 aromatic carbocycles. The van der Waals surface area contributed by atoms with Gasteiger partial charge in [0.2, 0.25) is 0 Å². The van der Waals surface area contributed by atoms with Gasteiger partial charge < -0.3 is 5.32 Å². The van der Waals surface area contributed by atoms with E-state index >= 15 is 0 Å². The van der Waals surface area contributed by atoms with Crippen LogP contribution in [0.5, 0.6) is 0 Å². The molecule has 0 atom stereocenters. The second kappa shape index (κ2) is 6.48. The van der Waals surface area contributed by atoms with E-state index in [0.717, 1.165) is 9.26 Å². The minimum absolute atomic E-state index is 0.531. The first-order valence-electron chi connectivity index (χ1n) is 3.73. The maximum absolute atomic E-state index is 5.63. The Balaban J connectivity index is 0.000000561. The summed E-state index contributed by atoms with van der Waals surface area (Å²) in [6.45, 7) is 4.00. The van der Waals surface area contributed by atoms with Crippen molar-refractivity contribution in [2.24, 2.45) is 0 Å². The topological polar surface area (TPSA) is 24.9 Å². The Bertz CT molecular complexity index is 240. The molecule has 0 bridgehead atoms. The van der Waals surface area contributed by atoms with Gasteiger partial charge in [0, 0.05) is 10.6 Å². The van der Waals surface area contributed by atoms with E-state index in [1.165, 1.54) is 0 Å². The van der Waals surface area contributed by atoms with Crippen molar-refractivity contribution >= 4 is 39.9 Å². The van der Waals surface area contributed by atoms with Gasteiger partial charge >= 0.3 is 0 Å². The van der Waals surface area contributed by atoms with E-state index in [-0.39, 0.29) is 0 Å². The predicted octanol–water partition coefficient (Wildman–Crippen LogP) is 3.41. The van der Waals surface area contributed by atoms with Gasteiger partial charge in [0.1, 0.15) is 5.15 Å². The second-order valence-corrected chi connectivity index (χ2v) is 3.29. The molecule has 12 heavy (non-hydrogen) atoms. The zero-order valence-corrected chi connectivity index (χ0v) is 10.3. The highest BCUT2D eigenvalue weighted by atomic mass is 127. The maximum atomic E-state index is 5.63. The number of nitrogens with one attached hydrogen (secondary N) is 1. The predicted molar refractivity (Wildman–Crippen MR) is 62.9 cm³/mol. The molecule has 4 heteroatoms. The molecule has 0 aliphatic heterocycles. The fourth-order valence-corrected chi connectivity index (χ4v) is 1.64.